The van der Waals surface area contributed by atoms with E-state index in [-0.39, 0.29) is 5.82 Å². The zero-order valence-corrected chi connectivity index (χ0v) is 10.3. The number of benzene rings is 1. The van der Waals surface area contributed by atoms with Crippen LogP contribution in [0.1, 0.15) is 5.56 Å². The highest BCUT2D eigenvalue weighted by Crippen LogP contribution is 2.28. The van der Waals surface area contributed by atoms with E-state index in [2.05, 4.69) is 15.0 Å². The first-order valence-electron chi connectivity index (χ1n) is 5.42. The van der Waals surface area contributed by atoms with Gasteiger partial charge >= 0.3 is 0 Å². The number of fused-ring (bicyclic) bond motifs is 1. The Morgan fingerprint density at radius 2 is 2.11 bits per heavy atom. The molecule has 2 heterocycles. The molecule has 3 aromatic rings. The minimum atomic E-state index is -0.367. The quantitative estimate of drug-likeness (QED) is 0.725. The number of H-pyrrole nitrogens is 1. The van der Waals surface area contributed by atoms with Gasteiger partial charge in [-0.05, 0) is 36.8 Å². The van der Waals surface area contributed by atoms with Gasteiger partial charge in [0, 0.05) is 11.8 Å². The minimum Gasteiger partial charge on any atom is -0.336 e. The number of halogens is 2. The predicted molar refractivity (Wildman–Crippen MR) is 69.0 cm³/mol. The van der Waals surface area contributed by atoms with Crippen molar-refractivity contribution in [3.63, 3.8) is 0 Å². The molecule has 0 atom stereocenters. The zero-order valence-electron chi connectivity index (χ0n) is 9.54. The van der Waals surface area contributed by atoms with Gasteiger partial charge in [0.1, 0.15) is 11.6 Å². The Hall–Kier alpha value is -1.94. The van der Waals surface area contributed by atoms with Gasteiger partial charge in [-0.3, -0.25) is 0 Å². The molecule has 0 bridgehead atoms. The molecule has 18 heavy (non-hydrogen) atoms. The number of aromatic nitrogens is 3. The van der Waals surface area contributed by atoms with Crippen LogP contribution in [0.25, 0.3) is 22.6 Å². The molecular formula is C13H9ClFN3. The van der Waals surface area contributed by atoms with Crippen molar-refractivity contribution in [3.8, 4) is 11.4 Å². The smallest absolute Gasteiger partial charge is 0.178 e. The molecule has 3 nitrogen and oxygen atoms in total. The second-order valence-corrected chi connectivity index (χ2v) is 4.44. The van der Waals surface area contributed by atoms with Crippen molar-refractivity contribution in [2.45, 2.75) is 6.92 Å². The summed E-state index contributed by atoms with van der Waals surface area (Å²) in [6.07, 6.45) is 1.70. The average molecular weight is 262 g/mol. The first-order valence-corrected chi connectivity index (χ1v) is 5.79. The average Bonchev–Trinajstić information content (AvgIpc) is 2.74. The third-order valence-electron chi connectivity index (χ3n) is 2.79. The van der Waals surface area contributed by atoms with Gasteiger partial charge in [-0.1, -0.05) is 11.6 Å². The number of nitrogens with zero attached hydrogens (tertiary/aromatic N) is 2. The number of imidazole rings is 1. The van der Waals surface area contributed by atoms with Crippen molar-refractivity contribution in [1.82, 2.24) is 15.0 Å². The SMILES string of the molecule is Cc1ccnc2nc(-c3ccc(F)cc3Cl)[nH]c12. The number of hydrogen-bond donors (Lipinski definition) is 1. The lowest BCUT2D eigenvalue weighted by molar-refractivity contribution is 0.628. The van der Waals surface area contributed by atoms with Crippen LogP contribution < -0.4 is 0 Å². The summed E-state index contributed by atoms with van der Waals surface area (Å²) in [6.45, 7) is 1.97. The molecule has 0 saturated carbocycles. The number of aryl methyl sites for hydroxylation is 1. The third-order valence-corrected chi connectivity index (χ3v) is 3.10. The summed E-state index contributed by atoms with van der Waals surface area (Å²) >= 11 is 6.01. The predicted octanol–water partition coefficient (Wildman–Crippen LogP) is 3.73. The summed E-state index contributed by atoms with van der Waals surface area (Å²) in [5, 5.41) is 0.326. The van der Waals surface area contributed by atoms with E-state index >= 15 is 0 Å². The second-order valence-electron chi connectivity index (χ2n) is 4.04. The fraction of sp³-hybridized carbons (Fsp3) is 0.0769. The summed E-state index contributed by atoms with van der Waals surface area (Å²) < 4.78 is 13.0. The van der Waals surface area contributed by atoms with Crippen LogP contribution in [0.5, 0.6) is 0 Å². The molecule has 0 spiro atoms. The summed E-state index contributed by atoms with van der Waals surface area (Å²) in [5.74, 6) is 0.228. The van der Waals surface area contributed by atoms with Gasteiger partial charge in [0.25, 0.3) is 0 Å². The highest BCUT2D eigenvalue weighted by atomic mass is 35.5. The zero-order chi connectivity index (χ0) is 12.7. The van der Waals surface area contributed by atoms with Crippen molar-refractivity contribution in [2.75, 3.05) is 0 Å². The van der Waals surface area contributed by atoms with Gasteiger partial charge < -0.3 is 4.98 Å². The molecule has 90 valence electrons. The number of pyridine rings is 1. The summed E-state index contributed by atoms with van der Waals surface area (Å²) in [7, 11) is 0. The molecule has 1 N–H and O–H groups in total. The summed E-state index contributed by atoms with van der Waals surface area (Å²) in [6, 6.07) is 6.13. The van der Waals surface area contributed by atoms with Crippen LogP contribution >= 0.6 is 11.6 Å². The molecular weight excluding hydrogens is 253 g/mol. The highest BCUT2D eigenvalue weighted by Gasteiger charge is 2.11. The van der Waals surface area contributed by atoms with E-state index in [1.54, 1.807) is 12.3 Å². The Morgan fingerprint density at radius 1 is 1.28 bits per heavy atom. The lowest BCUT2D eigenvalue weighted by Gasteiger charge is -1.99. The maximum absolute atomic E-state index is 13.0. The topological polar surface area (TPSA) is 41.6 Å². The van der Waals surface area contributed by atoms with Crippen LogP contribution in [0.4, 0.5) is 4.39 Å². The van der Waals surface area contributed by atoms with Crippen molar-refractivity contribution in [1.29, 1.82) is 0 Å². The fourth-order valence-corrected chi connectivity index (χ4v) is 2.10. The molecule has 5 heteroatoms. The molecule has 3 rings (SSSR count). The van der Waals surface area contributed by atoms with E-state index in [4.69, 9.17) is 11.6 Å². The van der Waals surface area contributed by atoms with Gasteiger partial charge in [0.05, 0.1) is 10.5 Å². The minimum absolute atomic E-state index is 0.326. The Morgan fingerprint density at radius 3 is 2.83 bits per heavy atom. The molecule has 0 aliphatic carbocycles. The third kappa shape index (κ3) is 1.75. The molecule has 2 aromatic heterocycles. The maximum atomic E-state index is 13.0. The van der Waals surface area contributed by atoms with Crippen LogP contribution in [0.2, 0.25) is 5.02 Å². The second kappa shape index (κ2) is 4.07. The van der Waals surface area contributed by atoms with E-state index in [0.717, 1.165) is 11.1 Å². The van der Waals surface area contributed by atoms with Crippen molar-refractivity contribution in [3.05, 3.63) is 46.9 Å². The normalized spacial score (nSPS) is 11.1. The van der Waals surface area contributed by atoms with Crippen molar-refractivity contribution >= 4 is 22.8 Å². The van der Waals surface area contributed by atoms with E-state index in [9.17, 15) is 4.39 Å². The van der Waals surface area contributed by atoms with Gasteiger partial charge in [-0.2, -0.15) is 0 Å². The standard InChI is InChI=1S/C13H9ClFN3/c1-7-4-5-16-13-11(7)17-12(18-13)9-3-2-8(15)6-10(9)14/h2-6H,1H3,(H,16,17,18). The van der Waals surface area contributed by atoms with Crippen molar-refractivity contribution in [2.24, 2.45) is 0 Å². The van der Waals surface area contributed by atoms with Gasteiger partial charge in [0.15, 0.2) is 5.65 Å². The molecule has 0 radical (unpaired) electrons. The van der Waals surface area contributed by atoms with Crippen LogP contribution in [-0.4, -0.2) is 15.0 Å². The van der Waals surface area contributed by atoms with Crippen LogP contribution in [-0.2, 0) is 0 Å². The lowest BCUT2D eigenvalue weighted by atomic mass is 10.2. The number of hydrogen-bond acceptors (Lipinski definition) is 2. The number of aromatic amines is 1. The van der Waals surface area contributed by atoms with Crippen LogP contribution in [0.3, 0.4) is 0 Å². The molecule has 0 amide bonds. The first kappa shape index (κ1) is 11.2. The van der Waals surface area contributed by atoms with Crippen LogP contribution in [0, 0.1) is 12.7 Å². The Labute approximate surface area is 108 Å². The van der Waals surface area contributed by atoms with Gasteiger partial charge in [0.2, 0.25) is 0 Å². The number of rotatable bonds is 1. The first-order chi connectivity index (χ1) is 8.65. The van der Waals surface area contributed by atoms with E-state index in [1.165, 1.54) is 12.1 Å². The van der Waals surface area contributed by atoms with E-state index in [0.29, 0.717) is 22.1 Å². The molecule has 1 aromatic carbocycles. The van der Waals surface area contributed by atoms with E-state index < -0.39 is 0 Å². The fourth-order valence-electron chi connectivity index (χ4n) is 1.84. The highest BCUT2D eigenvalue weighted by molar-refractivity contribution is 6.33. The monoisotopic (exact) mass is 261 g/mol. The van der Waals surface area contributed by atoms with Crippen molar-refractivity contribution < 1.29 is 4.39 Å². The maximum Gasteiger partial charge on any atom is 0.178 e. The molecule has 0 aliphatic heterocycles. The largest absolute Gasteiger partial charge is 0.336 e. The van der Waals surface area contributed by atoms with Gasteiger partial charge in [-0.25, -0.2) is 14.4 Å². The van der Waals surface area contributed by atoms with Gasteiger partial charge in [-0.15, -0.1) is 0 Å². The number of nitrogens with one attached hydrogen (secondary N) is 1. The lowest BCUT2D eigenvalue weighted by Crippen LogP contribution is -1.83. The molecule has 0 aliphatic rings. The molecule has 0 unspecified atom stereocenters. The summed E-state index contributed by atoms with van der Waals surface area (Å²) in [5.41, 5.74) is 3.21. The van der Waals surface area contributed by atoms with E-state index in [1.807, 2.05) is 13.0 Å². The van der Waals surface area contributed by atoms with Crippen LogP contribution in [0.15, 0.2) is 30.5 Å². The molecule has 0 saturated heterocycles. The Kier molecular flexibility index (Phi) is 2.52. The summed E-state index contributed by atoms with van der Waals surface area (Å²) in [4.78, 5) is 11.7. The molecule has 0 fully saturated rings. The Bertz CT molecular complexity index is 736. The Balaban J connectivity index is 2.23.